The van der Waals surface area contributed by atoms with Gasteiger partial charge in [-0.1, -0.05) is 41.1 Å². The Balaban J connectivity index is 2.26. The Morgan fingerprint density at radius 1 is 1.33 bits per heavy atom. The molecule has 0 saturated carbocycles. The number of hydrogen-bond donors (Lipinski definition) is 2. The molecule has 2 aromatic rings. The fourth-order valence-corrected chi connectivity index (χ4v) is 1.84. The smallest absolute Gasteiger partial charge is 0.241 e. The molecule has 1 heterocycles. The first-order chi connectivity index (χ1) is 10.1. The van der Waals surface area contributed by atoms with E-state index in [0.29, 0.717) is 11.4 Å². The van der Waals surface area contributed by atoms with E-state index in [0.717, 1.165) is 5.56 Å². The lowest BCUT2D eigenvalue weighted by molar-refractivity contribution is -0.121. The molecule has 1 aromatic heterocycles. The Morgan fingerprint density at radius 3 is 2.67 bits per heavy atom. The molecule has 0 fully saturated rings. The first-order valence-electron chi connectivity index (χ1n) is 6.62. The van der Waals surface area contributed by atoms with Gasteiger partial charge in [-0.3, -0.25) is 4.79 Å². The Morgan fingerprint density at radius 2 is 2.05 bits per heavy atom. The molecule has 0 aliphatic heterocycles. The van der Waals surface area contributed by atoms with E-state index in [1.807, 2.05) is 37.3 Å². The number of carbonyl (C=O) groups is 1. The van der Waals surface area contributed by atoms with Gasteiger partial charge in [0.2, 0.25) is 5.91 Å². The molecule has 0 atom stereocenters. The van der Waals surface area contributed by atoms with E-state index in [2.05, 4.69) is 15.6 Å². The van der Waals surface area contributed by atoms with Crippen molar-refractivity contribution in [3.8, 4) is 0 Å². The molecule has 2 N–H and O–H groups in total. The highest BCUT2D eigenvalue weighted by Crippen LogP contribution is 2.12. The van der Waals surface area contributed by atoms with E-state index in [1.54, 1.807) is 13.1 Å². The molecular formula is C15H18N4O2. The molecule has 0 aliphatic rings. The number of carbonyl (C=O) groups excluding carboxylic acids is 1. The lowest BCUT2D eigenvalue weighted by Crippen LogP contribution is -2.24. The molecule has 0 saturated heterocycles. The fraction of sp³-hybridized carbons (Fsp3) is 0.267. The summed E-state index contributed by atoms with van der Waals surface area (Å²) in [4.78, 5) is 11.5. The third-order valence-electron chi connectivity index (χ3n) is 3.08. The van der Waals surface area contributed by atoms with Crippen molar-refractivity contribution >= 4 is 18.1 Å². The number of amides is 1. The second kappa shape index (κ2) is 6.81. The van der Waals surface area contributed by atoms with E-state index < -0.39 is 0 Å². The zero-order chi connectivity index (χ0) is 15.2. The third-order valence-corrected chi connectivity index (χ3v) is 3.08. The molecule has 6 heteroatoms. The van der Waals surface area contributed by atoms with Crippen LogP contribution in [0.5, 0.6) is 0 Å². The summed E-state index contributed by atoms with van der Waals surface area (Å²) >= 11 is 0. The van der Waals surface area contributed by atoms with Gasteiger partial charge < -0.3 is 10.4 Å². The van der Waals surface area contributed by atoms with Crippen molar-refractivity contribution in [2.75, 3.05) is 7.05 Å². The summed E-state index contributed by atoms with van der Waals surface area (Å²) in [5.41, 5.74) is 3.29. The molecule has 21 heavy (non-hydrogen) atoms. The molecule has 1 aromatic carbocycles. The molecule has 110 valence electrons. The normalized spacial score (nSPS) is 11.0. The molecule has 0 radical (unpaired) electrons. The Labute approximate surface area is 123 Å². The zero-order valence-corrected chi connectivity index (χ0v) is 12.1. The van der Waals surface area contributed by atoms with Crippen LogP contribution in [0.1, 0.15) is 22.5 Å². The van der Waals surface area contributed by atoms with Crippen LogP contribution < -0.4 is 5.32 Å². The molecule has 6 nitrogen and oxygen atoms in total. The van der Waals surface area contributed by atoms with Gasteiger partial charge in [0.25, 0.3) is 0 Å². The number of aryl methyl sites for hydroxylation is 1. The average molecular weight is 286 g/mol. The van der Waals surface area contributed by atoms with Crippen molar-refractivity contribution in [3.05, 3.63) is 46.8 Å². The van der Waals surface area contributed by atoms with Gasteiger partial charge in [0.15, 0.2) is 0 Å². The van der Waals surface area contributed by atoms with Crippen molar-refractivity contribution in [2.24, 2.45) is 0 Å². The van der Waals surface area contributed by atoms with Crippen LogP contribution in [0.2, 0.25) is 0 Å². The predicted molar refractivity (Wildman–Crippen MR) is 80.1 cm³/mol. The quantitative estimate of drug-likeness (QED) is 0.859. The number of nitrogens with one attached hydrogen (secondary N) is 1. The second-order valence-electron chi connectivity index (χ2n) is 4.65. The standard InChI is InChI=1S/C15H18N4O2/c1-11-3-5-12(6-4-11)7-8-14-13(10-20)17-18-19(14)9-15(21)16-2/h3-8,20H,9-10H2,1-2H3,(H,16,21)/b8-7+. The summed E-state index contributed by atoms with van der Waals surface area (Å²) in [6.07, 6.45) is 3.71. The molecule has 0 unspecified atom stereocenters. The van der Waals surface area contributed by atoms with Crippen molar-refractivity contribution < 1.29 is 9.90 Å². The van der Waals surface area contributed by atoms with Crippen molar-refractivity contribution in [3.63, 3.8) is 0 Å². The van der Waals surface area contributed by atoms with Crippen molar-refractivity contribution in [2.45, 2.75) is 20.1 Å². The Kier molecular flexibility index (Phi) is 4.84. The number of aromatic nitrogens is 3. The van der Waals surface area contributed by atoms with Gasteiger partial charge in [0, 0.05) is 7.05 Å². The molecule has 0 aliphatic carbocycles. The molecule has 1 amide bonds. The maximum Gasteiger partial charge on any atom is 0.241 e. The Hall–Kier alpha value is -2.47. The topological polar surface area (TPSA) is 80.0 Å². The van der Waals surface area contributed by atoms with E-state index in [-0.39, 0.29) is 19.1 Å². The summed E-state index contributed by atoms with van der Waals surface area (Å²) in [5.74, 6) is -0.172. The number of benzene rings is 1. The van der Waals surface area contributed by atoms with Crippen molar-refractivity contribution in [1.29, 1.82) is 0 Å². The SMILES string of the molecule is CNC(=O)Cn1nnc(CO)c1/C=C/c1ccc(C)cc1. The van der Waals surface area contributed by atoms with Crippen LogP contribution in [0.4, 0.5) is 0 Å². The number of nitrogens with zero attached hydrogens (tertiary/aromatic N) is 3. The van der Waals surface area contributed by atoms with Gasteiger partial charge in [-0.15, -0.1) is 5.10 Å². The van der Waals surface area contributed by atoms with Gasteiger partial charge in [0.05, 0.1) is 12.3 Å². The van der Waals surface area contributed by atoms with Crippen LogP contribution in [0.25, 0.3) is 12.2 Å². The monoisotopic (exact) mass is 286 g/mol. The summed E-state index contributed by atoms with van der Waals surface area (Å²) < 4.78 is 1.47. The van der Waals surface area contributed by atoms with Gasteiger partial charge in [0.1, 0.15) is 12.2 Å². The predicted octanol–water partition coefficient (Wildman–Crippen LogP) is 0.995. The molecule has 2 rings (SSSR count). The van der Waals surface area contributed by atoms with Crippen LogP contribution in [0.15, 0.2) is 24.3 Å². The van der Waals surface area contributed by atoms with Crippen LogP contribution in [0, 0.1) is 6.92 Å². The second-order valence-corrected chi connectivity index (χ2v) is 4.65. The van der Waals surface area contributed by atoms with Crippen LogP contribution >= 0.6 is 0 Å². The lowest BCUT2D eigenvalue weighted by Gasteiger charge is -2.03. The fourth-order valence-electron chi connectivity index (χ4n) is 1.84. The Bertz CT molecular complexity index is 644. The van der Waals surface area contributed by atoms with Crippen LogP contribution in [-0.4, -0.2) is 33.1 Å². The van der Waals surface area contributed by atoms with E-state index >= 15 is 0 Å². The number of likely N-dealkylation sites (N-methyl/N-ethyl adjacent to an activating group) is 1. The first kappa shape index (κ1) is 14.9. The zero-order valence-electron chi connectivity index (χ0n) is 12.1. The summed E-state index contributed by atoms with van der Waals surface area (Å²) in [6.45, 7) is 1.87. The molecule has 0 bridgehead atoms. The first-order valence-corrected chi connectivity index (χ1v) is 6.62. The van der Waals surface area contributed by atoms with E-state index in [9.17, 15) is 9.90 Å². The van der Waals surface area contributed by atoms with E-state index in [4.69, 9.17) is 0 Å². The minimum Gasteiger partial charge on any atom is -0.390 e. The minimum atomic E-state index is -0.221. The lowest BCUT2D eigenvalue weighted by atomic mass is 10.1. The number of aliphatic hydroxyl groups is 1. The summed E-state index contributed by atoms with van der Waals surface area (Å²) in [5, 5.41) is 19.6. The number of rotatable bonds is 5. The minimum absolute atomic E-state index is 0.0665. The highest BCUT2D eigenvalue weighted by molar-refractivity contribution is 5.76. The number of hydrogen-bond acceptors (Lipinski definition) is 4. The molecule has 0 spiro atoms. The van der Waals surface area contributed by atoms with Gasteiger partial charge in [-0.25, -0.2) is 4.68 Å². The maximum absolute atomic E-state index is 11.5. The highest BCUT2D eigenvalue weighted by Gasteiger charge is 2.11. The largest absolute Gasteiger partial charge is 0.390 e. The average Bonchev–Trinajstić information content (AvgIpc) is 2.88. The molecular weight excluding hydrogens is 268 g/mol. The van der Waals surface area contributed by atoms with Crippen molar-refractivity contribution in [1.82, 2.24) is 20.3 Å². The van der Waals surface area contributed by atoms with Crippen LogP contribution in [-0.2, 0) is 17.9 Å². The summed E-state index contributed by atoms with van der Waals surface area (Å²) in [7, 11) is 1.56. The van der Waals surface area contributed by atoms with Gasteiger partial charge >= 0.3 is 0 Å². The number of aliphatic hydroxyl groups excluding tert-OH is 1. The van der Waals surface area contributed by atoms with Crippen LogP contribution in [0.3, 0.4) is 0 Å². The summed E-state index contributed by atoms with van der Waals surface area (Å²) in [6, 6.07) is 8.04. The highest BCUT2D eigenvalue weighted by atomic mass is 16.3. The van der Waals surface area contributed by atoms with E-state index in [1.165, 1.54) is 10.2 Å². The third kappa shape index (κ3) is 3.76. The maximum atomic E-state index is 11.5. The van der Waals surface area contributed by atoms with Gasteiger partial charge in [-0.2, -0.15) is 0 Å². The van der Waals surface area contributed by atoms with Gasteiger partial charge in [-0.05, 0) is 18.6 Å².